The van der Waals surface area contributed by atoms with Crippen molar-refractivity contribution in [2.75, 3.05) is 31.2 Å². The van der Waals surface area contributed by atoms with E-state index in [0.29, 0.717) is 12.1 Å². The third kappa shape index (κ3) is 6.58. The van der Waals surface area contributed by atoms with Gasteiger partial charge in [-0.15, -0.1) is 0 Å². The van der Waals surface area contributed by atoms with Gasteiger partial charge in [0, 0.05) is 24.5 Å². The minimum absolute atomic E-state index is 0.0846. The van der Waals surface area contributed by atoms with Crippen molar-refractivity contribution in [3.05, 3.63) is 65.7 Å². The van der Waals surface area contributed by atoms with Gasteiger partial charge in [-0.25, -0.2) is 13.2 Å². The van der Waals surface area contributed by atoms with Crippen LogP contribution in [0.4, 0.5) is 5.69 Å². The molecule has 2 amide bonds. The number of carboxylic acid groups (broad SMARTS) is 1. The number of rotatable bonds is 9. The molecule has 34 heavy (non-hydrogen) atoms. The molecule has 2 aromatic carbocycles. The largest absolute Gasteiger partial charge is 0.478 e. The highest BCUT2D eigenvalue weighted by Crippen LogP contribution is 2.27. The van der Waals surface area contributed by atoms with Crippen LogP contribution in [0.1, 0.15) is 22.3 Å². The average Bonchev–Trinajstić information content (AvgIpc) is 3.21. The number of carboxylic acids is 1. The van der Waals surface area contributed by atoms with E-state index in [1.165, 1.54) is 40.5 Å². The number of amides is 2. The molecule has 3 rings (SSSR count). The number of nitrogens with one attached hydrogen (secondary N) is 1. The first kappa shape index (κ1) is 25.7. The molecule has 0 saturated carbocycles. The number of carbonyl (C=O) groups is 3. The first-order valence-corrected chi connectivity index (χ1v) is 12.8. The van der Waals surface area contributed by atoms with Crippen molar-refractivity contribution in [1.29, 1.82) is 0 Å². The second-order valence-corrected chi connectivity index (χ2v) is 10.9. The van der Waals surface area contributed by atoms with Gasteiger partial charge in [-0.1, -0.05) is 30.3 Å². The zero-order valence-corrected chi connectivity index (χ0v) is 20.3. The number of nitrogens with zero attached hydrogens (tertiary/aromatic N) is 2. The lowest BCUT2D eigenvalue weighted by Gasteiger charge is -2.27. The normalized spacial score (nSPS) is 18.4. The predicted octanol–water partition coefficient (Wildman–Crippen LogP) is 1.73. The van der Waals surface area contributed by atoms with Gasteiger partial charge >= 0.3 is 5.97 Å². The zero-order chi connectivity index (χ0) is 24.9. The molecule has 2 atom stereocenters. The van der Waals surface area contributed by atoms with Gasteiger partial charge in [0.15, 0.2) is 0 Å². The highest BCUT2D eigenvalue weighted by atomic mass is 32.2. The fraction of sp³-hybridized carbons (Fsp3) is 0.348. The van der Waals surface area contributed by atoms with Gasteiger partial charge in [0.1, 0.15) is 6.04 Å². The fourth-order valence-electron chi connectivity index (χ4n) is 3.77. The number of aryl methyl sites for hydroxylation is 1. The van der Waals surface area contributed by atoms with Crippen molar-refractivity contribution in [2.45, 2.75) is 24.1 Å². The van der Waals surface area contributed by atoms with Crippen molar-refractivity contribution in [1.82, 2.24) is 9.21 Å². The Labute approximate surface area is 204 Å². The van der Waals surface area contributed by atoms with Crippen LogP contribution in [-0.4, -0.2) is 77.7 Å². The summed E-state index contributed by atoms with van der Waals surface area (Å²) < 4.78 is 27.3. The molecule has 1 fully saturated rings. The summed E-state index contributed by atoms with van der Waals surface area (Å²) in [4.78, 5) is 37.6. The number of anilines is 1. The van der Waals surface area contributed by atoms with Crippen molar-refractivity contribution in [2.24, 2.45) is 0 Å². The van der Waals surface area contributed by atoms with Crippen LogP contribution in [0.15, 0.2) is 54.6 Å². The number of sulfonamides is 1. The summed E-state index contributed by atoms with van der Waals surface area (Å²) in [7, 11) is -2.28. The van der Waals surface area contributed by atoms with E-state index in [1.54, 1.807) is 0 Å². The molecule has 1 aliphatic heterocycles. The second kappa shape index (κ2) is 11.0. The highest BCUT2D eigenvalue weighted by Gasteiger charge is 2.43. The number of carbonyl (C=O) groups excluding carboxylic acids is 2. The van der Waals surface area contributed by atoms with E-state index < -0.39 is 33.8 Å². The van der Waals surface area contributed by atoms with Gasteiger partial charge in [-0.05, 0) is 42.7 Å². The molecule has 2 aromatic rings. The van der Waals surface area contributed by atoms with Crippen molar-refractivity contribution in [3.63, 3.8) is 0 Å². The third-order valence-corrected chi connectivity index (χ3v) is 7.75. The number of hydrogen-bond donors (Lipinski definition) is 3. The molecule has 1 saturated heterocycles. The first-order valence-electron chi connectivity index (χ1n) is 10.7. The van der Waals surface area contributed by atoms with Gasteiger partial charge in [0.2, 0.25) is 21.8 Å². The maximum absolute atomic E-state index is 13.1. The van der Waals surface area contributed by atoms with Gasteiger partial charge in [-0.3, -0.25) is 9.59 Å². The van der Waals surface area contributed by atoms with Crippen LogP contribution in [0.3, 0.4) is 0 Å². The number of hydrogen-bond acceptors (Lipinski definition) is 6. The summed E-state index contributed by atoms with van der Waals surface area (Å²) in [5.41, 5.74) is 1.36. The lowest BCUT2D eigenvalue weighted by molar-refractivity contribution is -0.136. The summed E-state index contributed by atoms with van der Waals surface area (Å²) >= 11 is 4.40. The van der Waals surface area contributed by atoms with Crippen LogP contribution in [0.5, 0.6) is 0 Å². The molecule has 9 nitrogen and oxygen atoms in total. The Morgan fingerprint density at radius 1 is 1.12 bits per heavy atom. The Kier molecular flexibility index (Phi) is 8.34. The first-order chi connectivity index (χ1) is 16.1. The van der Waals surface area contributed by atoms with E-state index in [1.807, 2.05) is 30.3 Å². The second-order valence-electron chi connectivity index (χ2n) is 8.15. The maximum Gasteiger partial charge on any atom is 0.335 e. The van der Waals surface area contributed by atoms with Gasteiger partial charge in [-0.2, -0.15) is 16.9 Å². The monoisotopic (exact) mass is 505 g/mol. The van der Waals surface area contributed by atoms with Crippen LogP contribution >= 0.6 is 12.6 Å². The molecule has 1 heterocycles. The smallest absolute Gasteiger partial charge is 0.335 e. The van der Waals surface area contributed by atoms with Gasteiger partial charge in [0.25, 0.3) is 0 Å². The molecule has 1 aliphatic rings. The van der Waals surface area contributed by atoms with E-state index in [0.717, 1.165) is 5.56 Å². The highest BCUT2D eigenvalue weighted by molar-refractivity contribution is 7.89. The molecule has 0 spiro atoms. The Balaban J connectivity index is 1.61. The summed E-state index contributed by atoms with van der Waals surface area (Å²) in [6.45, 7) is -0.155. The van der Waals surface area contributed by atoms with Crippen LogP contribution < -0.4 is 5.32 Å². The molecule has 0 bridgehead atoms. The molecule has 0 radical (unpaired) electrons. The lowest BCUT2D eigenvalue weighted by atomic mass is 10.2. The van der Waals surface area contributed by atoms with Crippen molar-refractivity contribution >= 4 is 46.1 Å². The number of thiol groups is 1. The molecule has 0 aromatic heterocycles. The van der Waals surface area contributed by atoms with E-state index in [2.05, 4.69) is 17.9 Å². The maximum atomic E-state index is 13.1. The summed E-state index contributed by atoms with van der Waals surface area (Å²) in [5.74, 6) is -2.17. The molecule has 2 N–H and O–H groups in total. The van der Waals surface area contributed by atoms with Gasteiger partial charge < -0.3 is 15.3 Å². The van der Waals surface area contributed by atoms with Crippen LogP contribution in [0.2, 0.25) is 0 Å². The SMILES string of the molecule is CN(CC(=O)Nc1ccc(C(=O)O)cc1)C(=O)[C@@H]1C[C@@H](S)CN1S(=O)(=O)CCc1ccccc1. The van der Waals surface area contributed by atoms with Gasteiger partial charge in [0.05, 0.1) is 17.9 Å². The molecule has 0 aliphatic carbocycles. The zero-order valence-electron chi connectivity index (χ0n) is 18.6. The standard InChI is InChI=1S/C23H27N3O6S2/c1-25(15-21(27)24-18-9-7-17(8-10-18)23(29)30)22(28)20-13-19(33)14-26(20)34(31,32)12-11-16-5-3-2-4-6-16/h2-10,19-20,33H,11-15H2,1H3,(H,24,27)(H,29,30)/t19-,20+/m1/s1. The Morgan fingerprint density at radius 3 is 2.38 bits per heavy atom. The number of aromatic carboxylic acids is 1. The average molecular weight is 506 g/mol. The lowest BCUT2D eigenvalue weighted by Crippen LogP contribution is -2.48. The van der Waals surface area contributed by atoms with E-state index in [-0.39, 0.29) is 36.1 Å². The Bertz CT molecular complexity index is 1140. The number of benzene rings is 2. The summed E-state index contributed by atoms with van der Waals surface area (Å²) in [5, 5.41) is 11.3. The molecular weight excluding hydrogens is 478 g/mol. The Hall–Kier alpha value is -2.89. The molecule has 0 unspecified atom stereocenters. The molecule has 11 heteroatoms. The van der Waals surface area contributed by atoms with Crippen LogP contribution in [0.25, 0.3) is 0 Å². The molecular formula is C23H27N3O6S2. The van der Waals surface area contributed by atoms with Crippen LogP contribution in [0, 0.1) is 0 Å². The van der Waals surface area contributed by atoms with Crippen molar-refractivity contribution < 1.29 is 27.9 Å². The minimum Gasteiger partial charge on any atom is -0.478 e. The van der Waals surface area contributed by atoms with E-state index >= 15 is 0 Å². The van der Waals surface area contributed by atoms with Crippen molar-refractivity contribution in [3.8, 4) is 0 Å². The minimum atomic E-state index is -3.72. The summed E-state index contributed by atoms with van der Waals surface area (Å²) in [6.07, 6.45) is 0.589. The third-order valence-electron chi connectivity index (χ3n) is 5.54. The van der Waals surface area contributed by atoms with E-state index in [4.69, 9.17) is 5.11 Å². The Morgan fingerprint density at radius 2 is 1.76 bits per heavy atom. The quantitative estimate of drug-likeness (QED) is 0.446. The van der Waals surface area contributed by atoms with E-state index in [9.17, 15) is 22.8 Å². The number of likely N-dealkylation sites (N-methyl/N-ethyl adjacent to an activating group) is 1. The molecule has 182 valence electrons. The summed E-state index contributed by atoms with van der Waals surface area (Å²) in [6, 6.07) is 13.9. The topological polar surface area (TPSA) is 124 Å². The fourth-order valence-corrected chi connectivity index (χ4v) is 5.95. The predicted molar refractivity (Wildman–Crippen MR) is 131 cm³/mol. The van der Waals surface area contributed by atoms with Crippen LogP contribution in [-0.2, 0) is 26.0 Å².